The van der Waals surface area contributed by atoms with Gasteiger partial charge in [-0.3, -0.25) is 4.52 Å². The number of thioether (sulfide) groups is 1. The molecule has 14 heteroatoms. The van der Waals surface area contributed by atoms with Crippen molar-refractivity contribution in [1.29, 1.82) is 0 Å². The summed E-state index contributed by atoms with van der Waals surface area (Å²) in [6, 6.07) is 3.92. The molecule has 0 amide bonds. The summed E-state index contributed by atoms with van der Waals surface area (Å²) in [4.78, 5) is 12.1. The normalized spacial score (nSPS) is 11.8. The summed E-state index contributed by atoms with van der Waals surface area (Å²) in [5.41, 5.74) is 0.414. The van der Waals surface area contributed by atoms with Crippen LogP contribution < -0.4 is 5.76 Å². The summed E-state index contributed by atoms with van der Waals surface area (Å²) in [6.45, 7) is 0. The van der Waals surface area contributed by atoms with Crippen LogP contribution in [-0.4, -0.2) is 40.0 Å². The molecule has 0 aliphatic heterocycles. The minimum Gasteiger partial charge on any atom is -0.295 e. The molecule has 0 spiro atoms. The number of nitrogens with zero attached hydrogens (tertiary/aromatic N) is 4. The molecule has 3 aromatic rings. The molecule has 9 nitrogen and oxygen atoms in total. The minimum absolute atomic E-state index is 0.00669. The van der Waals surface area contributed by atoms with Gasteiger partial charge in [0.05, 0.1) is 15.9 Å². The zero-order valence-corrected chi connectivity index (χ0v) is 17.1. The molecule has 1 aromatic carbocycles. The maximum atomic E-state index is 13.5. The van der Waals surface area contributed by atoms with Gasteiger partial charge in [-0.2, -0.15) is 0 Å². The van der Waals surface area contributed by atoms with E-state index in [0.29, 0.717) is 5.75 Å². The predicted octanol–water partition coefficient (Wildman–Crippen LogP) is 2.83. The van der Waals surface area contributed by atoms with Gasteiger partial charge >= 0.3 is 5.76 Å². The standard InChI is InChI=1S/C13H9BrClFN4O5S2/c14-8-6-7(2-3-9(8)16)20-11(18-24-13(20)21)10-12(19-25-17-10)26-4-1-5-27(15,22)23/h2-3,6H,1,4-5H2. The Bertz CT molecular complexity index is 1130. The van der Waals surface area contributed by atoms with Crippen LogP contribution in [0.1, 0.15) is 6.42 Å². The van der Waals surface area contributed by atoms with Crippen molar-refractivity contribution in [1.82, 2.24) is 20.0 Å². The average molecular weight is 500 g/mol. The number of hydrogen-bond acceptors (Lipinski definition) is 9. The van der Waals surface area contributed by atoms with Crippen LogP contribution in [0.15, 0.2) is 41.6 Å². The van der Waals surface area contributed by atoms with Gasteiger partial charge in [-0.1, -0.05) is 5.16 Å². The van der Waals surface area contributed by atoms with Crippen molar-refractivity contribution in [2.24, 2.45) is 0 Å². The predicted molar refractivity (Wildman–Crippen MR) is 98.0 cm³/mol. The Morgan fingerprint density at radius 3 is 2.78 bits per heavy atom. The first-order valence-corrected chi connectivity index (χ1v) is 11.4. The van der Waals surface area contributed by atoms with Gasteiger partial charge in [-0.05, 0) is 50.9 Å². The molecule has 0 aliphatic rings. The smallest absolute Gasteiger partial charge is 0.295 e. The fraction of sp³-hybridized carbons (Fsp3) is 0.231. The zero-order valence-electron chi connectivity index (χ0n) is 13.1. The largest absolute Gasteiger partial charge is 0.446 e. The molecular weight excluding hydrogens is 491 g/mol. The molecule has 0 radical (unpaired) electrons. The molecule has 0 saturated carbocycles. The molecule has 0 fully saturated rings. The Morgan fingerprint density at radius 2 is 2.07 bits per heavy atom. The monoisotopic (exact) mass is 498 g/mol. The Hall–Kier alpha value is -1.70. The van der Waals surface area contributed by atoms with E-state index < -0.39 is 20.6 Å². The summed E-state index contributed by atoms with van der Waals surface area (Å²) in [5, 5.41) is 11.4. The number of aromatic nitrogens is 4. The molecule has 3 rings (SSSR count). The molecule has 144 valence electrons. The highest BCUT2D eigenvalue weighted by atomic mass is 79.9. The van der Waals surface area contributed by atoms with E-state index in [9.17, 15) is 17.6 Å². The van der Waals surface area contributed by atoms with Crippen LogP contribution in [0.25, 0.3) is 17.2 Å². The SMILES string of the molecule is O=c1onc(-c2nonc2SCCCS(=O)(=O)Cl)n1-c1ccc(F)c(Br)c1. The number of halogens is 3. The van der Waals surface area contributed by atoms with Gasteiger partial charge in [-0.15, -0.1) is 11.8 Å². The first-order chi connectivity index (χ1) is 12.8. The van der Waals surface area contributed by atoms with E-state index in [2.05, 4.69) is 31.4 Å². The Labute approximate surface area is 168 Å². The molecule has 0 bridgehead atoms. The van der Waals surface area contributed by atoms with Crippen LogP contribution in [0.3, 0.4) is 0 Å². The lowest BCUT2D eigenvalue weighted by Gasteiger charge is -2.04. The van der Waals surface area contributed by atoms with Crippen LogP contribution in [-0.2, 0) is 9.05 Å². The third-order valence-corrected chi connectivity index (χ3v) is 6.09. The maximum absolute atomic E-state index is 13.5. The first kappa shape index (κ1) is 20.0. The van der Waals surface area contributed by atoms with Gasteiger partial charge in [0.1, 0.15) is 5.82 Å². The van der Waals surface area contributed by atoms with Gasteiger partial charge in [0.25, 0.3) is 0 Å². The zero-order chi connectivity index (χ0) is 19.6. The number of benzene rings is 1. The number of rotatable bonds is 7. The summed E-state index contributed by atoms with van der Waals surface area (Å²) in [5.74, 6) is -1.14. The van der Waals surface area contributed by atoms with Gasteiger partial charge < -0.3 is 0 Å². The number of hydrogen-bond donors (Lipinski definition) is 0. The van der Waals surface area contributed by atoms with Crippen molar-refractivity contribution in [2.75, 3.05) is 11.5 Å². The van der Waals surface area contributed by atoms with Gasteiger partial charge in [-0.25, -0.2) is 26.8 Å². The van der Waals surface area contributed by atoms with E-state index in [1.54, 1.807) is 0 Å². The third kappa shape index (κ3) is 4.78. The molecular formula is C13H9BrClFN4O5S2. The second-order valence-electron chi connectivity index (χ2n) is 5.07. The summed E-state index contributed by atoms with van der Waals surface area (Å²) in [6.07, 6.45) is 0.277. The van der Waals surface area contributed by atoms with Crippen LogP contribution in [0.5, 0.6) is 0 Å². The van der Waals surface area contributed by atoms with Gasteiger partial charge in [0.15, 0.2) is 10.7 Å². The average Bonchev–Trinajstić information content (AvgIpc) is 3.19. The van der Waals surface area contributed by atoms with Gasteiger partial charge in [0, 0.05) is 16.4 Å². The highest BCUT2D eigenvalue weighted by Gasteiger charge is 2.23. The van der Waals surface area contributed by atoms with E-state index >= 15 is 0 Å². The van der Waals surface area contributed by atoms with E-state index in [1.807, 2.05) is 0 Å². The third-order valence-electron chi connectivity index (χ3n) is 3.21. The van der Waals surface area contributed by atoms with Crippen molar-refractivity contribution >= 4 is 47.4 Å². The van der Waals surface area contributed by atoms with E-state index in [-0.39, 0.29) is 38.9 Å². The fourth-order valence-corrected chi connectivity index (χ4v) is 4.26. The first-order valence-electron chi connectivity index (χ1n) is 7.18. The van der Waals surface area contributed by atoms with Crippen molar-refractivity contribution in [3.63, 3.8) is 0 Å². The summed E-state index contributed by atoms with van der Waals surface area (Å²) in [7, 11) is 1.58. The summed E-state index contributed by atoms with van der Waals surface area (Å²) >= 11 is 4.20. The Morgan fingerprint density at radius 1 is 1.30 bits per heavy atom. The lowest BCUT2D eigenvalue weighted by atomic mass is 10.3. The summed E-state index contributed by atoms with van der Waals surface area (Å²) < 4.78 is 46.0. The molecule has 0 unspecified atom stereocenters. The van der Waals surface area contributed by atoms with Crippen LogP contribution in [0.4, 0.5) is 4.39 Å². The van der Waals surface area contributed by atoms with Crippen LogP contribution in [0, 0.1) is 5.82 Å². The Kier molecular flexibility index (Phi) is 6.03. The molecule has 0 saturated heterocycles. The highest BCUT2D eigenvalue weighted by Crippen LogP contribution is 2.29. The van der Waals surface area contributed by atoms with E-state index in [1.165, 1.54) is 18.2 Å². The van der Waals surface area contributed by atoms with Crippen LogP contribution in [0.2, 0.25) is 0 Å². The van der Waals surface area contributed by atoms with Crippen molar-refractivity contribution < 1.29 is 22.0 Å². The molecule has 0 N–H and O–H groups in total. The second-order valence-corrected chi connectivity index (χ2v) is 9.90. The van der Waals surface area contributed by atoms with Crippen LogP contribution >= 0.6 is 38.4 Å². The van der Waals surface area contributed by atoms with E-state index in [4.69, 9.17) is 19.8 Å². The highest BCUT2D eigenvalue weighted by molar-refractivity contribution is 9.10. The lowest BCUT2D eigenvalue weighted by molar-refractivity contribution is 0.299. The van der Waals surface area contributed by atoms with Crippen molar-refractivity contribution in [3.8, 4) is 17.2 Å². The van der Waals surface area contributed by atoms with Crippen molar-refractivity contribution in [3.05, 3.63) is 39.0 Å². The topological polar surface area (TPSA) is 121 Å². The molecule has 27 heavy (non-hydrogen) atoms. The lowest BCUT2D eigenvalue weighted by Crippen LogP contribution is -2.13. The fourth-order valence-electron chi connectivity index (χ4n) is 2.06. The molecule has 2 heterocycles. The quantitative estimate of drug-likeness (QED) is 0.274. The minimum atomic E-state index is -3.58. The van der Waals surface area contributed by atoms with Crippen molar-refractivity contribution in [2.45, 2.75) is 11.4 Å². The maximum Gasteiger partial charge on any atom is 0.446 e. The molecule has 0 aliphatic carbocycles. The van der Waals surface area contributed by atoms with E-state index in [0.717, 1.165) is 16.3 Å². The molecule has 2 aromatic heterocycles. The van der Waals surface area contributed by atoms with Gasteiger partial charge in [0.2, 0.25) is 14.9 Å². The second kappa shape index (κ2) is 8.12. The molecule has 0 atom stereocenters. The Balaban J connectivity index is 1.89.